The van der Waals surface area contributed by atoms with Crippen molar-refractivity contribution in [2.24, 2.45) is 0 Å². The number of nitrogen functional groups attached to an aromatic ring is 1. The first-order valence-electron chi connectivity index (χ1n) is 5.61. The molecular weight excluding hydrogens is 254 g/mol. The summed E-state index contributed by atoms with van der Waals surface area (Å²) in [6, 6.07) is 0. The summed E-state index contributed by atoms with van der Waals surface area (Å²) in [5.74, 6) is 3.01. The van der Waals surface area contributed by atoms with Crippen molar-refractivity contribution in [1.82, 2.24) is 19.9 Å². The first kappa shape index (κ1) is 11.5. The van der Waals surface area contributed by atoms with Crippen LogP contribution in [0.15, 0.2) is 16.9 Å². The fourth-order valence-corrected chi connectivity index (χ4v) is 2.54. The van der Waals surface area contributed by atoms with Crippen LogP contribution in [0, 0.1) is 0 Å². The molecule has 1 atom stereocenters. The first-order valence-corrected chi connectivity index (χ1v) is 6.76. The molecule has 8 heteroatoms. The molecule has 0 bridgehead atoms. The second-order valence-corrected chi connectivity index (χ2v) is 5.10. The van der Waals surface area contributed by atoms with Crippen LogP contribution in [0.2, 0.25) is 0 Å². The van der Waals surface area contributed by atoms with Crippen molar-refractivity contribution in [2.75, 3.05) is 23.8 Å². The monoisotopic (exact) mass is 267 g/mol. The summed E-state index contributed by atoms with van der Waals surface area (Å²) in [6.45, 7) is 1.15. The second kappa shape index (κ2) is 4.99. The van der Waals surface area contributed by atoms with E-state index in [2.05, 4.69) is 15.2 Å². The molecule has 0 radical (unpaired) electrons. The number of hydrogen-bond acceptors (Lipinski definition) is 7. The SMILES string of the molecule is Nc1cnn(Cc2nc(C3CSCCO3)no2)c1. The van der Waals surface area contributed by atoms with E-state index in [4.69, 9.17) is 15.0 Å². The lowest BCUT2D eigenvalue weighted by molar-refractivity contribution is 0.0677. The molecule has 2 N–H and O–H groups in total. The molecule has 1 unspecified atom stereocenters. The molecule has 0 spiro atoms. The molecule has 96 valence electrons. The fourth-order valence-electron chi connectivity index (χ4n) is 1.70. The number of ether oxygens (including phenoxy) is 1. The highest BCUT2D eigenvalue weighted by atomic mass is 32.2. The van der Waals surface area contributed by atoms with Crippen LogP contribution in [-0.2, 0) is 11.3 Å². The van der Waals surface area contributed by atoms with Gasteiger partial charge in [0.25, 0.3) is 0 Å². The molecule has 0 amide bonds. The van der Waals surface area contributed by atoms with E-state index in [1.165, 1.54) is 0 Å². The molecule has 0 aromatic carbocycles. The molecule has 1 aliphatic rings. The molecule has 3 rings (SSSR count). The number of anilines is 1. The summed E-state index contributed by atoms with van der Waals surface area (Å²) in [4.78, 5) is 4.32. The normalized spacial score (nSPS) is 20.1. The summed E-state index contributed by atoms with van der Waals surface area (Å²) >= 11 is 1.83. The number of thioether (sulfide) groups is 1. The van der Waals surface area contributed by atoms with E-state index >= 15 is 0 Å². The minimum Gasteiger partial charge on any atom is -0.396 e. The van der Waals surface area contributed by atoms with Gasteiger partial charge >= 0.3 is 0 Å². The number of nitrogens with two attached hydrogens (primary N) is 1. The van der Waals surface area contributed by atoms with Crippen molar-refractivity contribution >= 4 is 17.4 Å². The largest absolute Gasteiger partial charge is 0.396 e. The number of hydrogen-bond donors (Lipinski definition) is 1. The first-order chi connectivity index (χ1) is 8.81. The van der Waals surface area contributed by atoms with Gasteiger partial charge in [-0.1, -0.05) is 5.16 Å². The Bertz CT molecular complexity index is 520. The standard InChI is InChI=1S/C10H13N5O2S/c11-7-3-12-15(4-7)5-9-13-10(14-17-9)8-6-18-2-1-16-8/h3-4,8H,1-2,5-6,11H2. The molecule has 2 aromatic rings. The van der Waals surface area contributed by atoms with Crippen molar-refractivity contribution in [1.29, 1.82) is 0 Å². The number of rotatable bonds is 3. The Morgan fingerprint density at radius 2 is 2.50 bits per heavy atom. The third-order valence-electron chi connectivity index (χ3n) is 2.54. The molecule has 2 aromatic heterocycles. The Hall–Kier alpha value is -1.54. The number of aromatic nitrogens is 4. The minimum atomic E-state index is -0.0658. The predicted molar refractivity (Wildman–Crippen MR) is 66.1 cm³/mol. The lowest BCUT2D eigenvalue weighted by Crippen LogP contribution is -2.16. The van der Waals surface area contributed by atoms with Gasteiger partial charge in [0.1, 0.15) is 12.6 Å². The van der Waals surface area contributed by atoms with E-state index in [0.717, 1.165) is 18.1 Å². The zero-order valence-corrected chi connectivity index (χ0v) is 10.5. The summed E-state index contributed by atoms with van der Waals surface area (Å²) in [5.41, 5.74) is 6.19. The van der Waals surface area contributed by atoms with E-state index in [1.807, 2.05) is 11.8 Å². The molecule has 0 aliphatic carbocycles. The summed E-state index contributed by atoms with van der Waals surface area (Å²) < 4.78 is 12.4. The molecule has 18 heavy (non-hydrogen) atoms. The van der Waals surface area contributed by atoms with Crippen LogP contribution in [0.25, 0.3) is 0 Å². The maximum atomic E-state index is 5.58. The maximum absolute atomic E-state index is 5.58. The highest BCUT2D eigenvalue weighted by Gasteiger charge is 2.22. The molecule has 7 nitrogen and oxygen atoms in total. The Labute approximate surface area is 108 Å². The van der Waals surface area contributed by atoms with Gasteiger partial charge in [0.2, 0.25) is 11.7 Å². The maximum Gasteiger partial charge on any atom is 0.248 e. The van der Waals surface area contributed by atoms with Crippen LogP contribution < -0.4 is 5.73 Å². The molecule has 1 aliphatic heterocycles. The van der Waals surface area contributed by atoms with Crippen LogP contribution >= 0.6 is 11.8 Å². The third-order valence-corrected chi connectivity index (χ3v) is 3.53. The van der Waals surface area contributed by atoms with Gasteiger partial charge in [-0.25, -0.2) is 0 Å². The van der Waals surface area contributed by atoms with Gasteiger partial charge in [0.05, 0.1) is 18.5 Å². The lowest BCUT2D eigenvalue weighted by atomic mass is 10.4. The molecule has 3 heterocycles. The number of nitrogens with zero attached hydrogens (tertiary/aromatic N) is 4. The Balaban J connectivity index is 1.69. The summed E-state index contributed by atoms with van der Waals surface area (Å²) in [5, 5.41) is 8.01. The third kappa shape index (κ3) is 2.49. The van der Waals surface area contributed by atoms with E-state index in [1.54, 1.807) is 17.1 Å². The molecule has 0 saturated carbocycles. The topological polar surface area (TPSA) is 92.0 Å². The van der Waals surface area contributed by atoms with Crippen molar-refractivity contribution in [2.45, 2.75) is 12.6 Å². The average Bonchev–Trinajstić information content (AvgIpc) is 3.01. The summed E-state index contributed by atoms with van der Waals surface area (Å²) in [6.07, 6.45) is 3.23. The van der Waals surface area contributed by atoms with Gasteiger partial charge in [0.15, 0.2) is 0 Å². The van der Waals surface area contributed by atoms with E-state index in [9.17, 15) is 0 Å². The van der Waals surface area contributed by atoms with Crippen LogP contribution in [0.3, 0.4) is 0 Å². The Morgan fingerprint density at radius 3 is 3.22 bits per heavy atom. The molecular formula is C10H13N5O2S. The predicted octanol–water partition coefficient (Wildman–Crippen LogP) is 0.701. The Morgan fingerprint density at radius 1 is 1.56 bits per heavy atom. The van der Waals surface area contributed by atoms with E-state index in [0.29, 0.717) is 23.9 Å². The van der Waals surface area contributed by atoms with Gasteiger partial charge in [-0.05, 0) is 0 Å². The second-order valence-electron chi connectivity index (χ2n) is 3.95. The zero-order valence-electron chi connectivity index (χ0n) is 9.65. The van der Waals surface area contributed by atoms with Crippen LogP contribution in [0.4, 0.5) is 5.69 Å². The molecule has 1 fully saturated rings. The average molecular weight is 267 g/mol. The van der Waals surface area contributed by atoms with Gasteiger partial charge in [-0.3, -0.25) is 4.68 Å². The van der Waals surface area contributed by atoms with Crippen molar-refractivity contribution in [3.63, 3.8) is 0 Å². The smallest absolute Gasteiger partial charge is 0.248 e. The van der Waals surface area contributed by atoms with Gasteiger partial charge in [-0.2, -0.15) is 21.8 Å². The summed E-state index contributed by atoms with van der Waals surface area (Å²) in [7, 11) is 0. The van der Waals surface area contributed by atoms with Gasteiger partial charge in [-0.15, -0.1) is 0 Å². The van der Waals surface area contributed by atoms with Crippen LogP contribution in [0.1, 0.15) is 17.8 Å². The van der Waals surface area contributed by atoms with Crippen molar-refractivity contribution < 1.29 is 9.26 Å². The van der Waals surface area contributed by atoms with Crippen LogP contribution in [0.5, 0.6) is 0 Å². The lowest BCUT2D eigenvalue weighted by Gasteiger charge is -2.18. The van der Waals surface area contributed by atoms with Crippen molar-refractivity contribution in [3.8, 4) is 0 Å². The highest BCUT2D eigenvalue weighted by molar-refractivity contribution is 7.99. The van der Waals surface area contributed by atoms with Crippen molar-refractivity contribution in [3.05, 3.63) is 24.1 Å². The highest BCUT2D eigenvalue weighted by Crippen LogP contribution is 2.24. The molecule has 1 saturated heterocycles. The zero-order chi connectivity index (χ0) is 12.4. The minimum absolute atomic E-state index is 0.0658. The quantitative estimate of drug-likeness (QED) is 0.875. The Kier molecular flexibility index (Phi) is 3.20. The fraction of sp³-hybridized carbons (Fsp3) is 0.500. The van der Waals surface area contributed by atoms with Gasteiger partial charge in [0, 0.05) is 17.7 Å². The van der Waals surface area contributed by atoms with E-state index in [-0.39, 0.29) is 6.10 Å². The van der Waals surface area contributed by atoms with Gasteiger partial charge < -0.3 is 15.0 Å². The van der Waals surface area contributed by atoms with E-state index < -0.39 is 0 Å². The van der Waals surface area contributed by atoms with Crippen LogP contribution in [-0.4, -0.2) is 38.0 Å².